The van der Waals surface area contributed by atoms with Crippen molar-refractivity contribution in [2.45, 2.75) is 19.0 Å². The highest BCUT2D eigenvalue weighted by Gasteiger charge is 2.13. The molecule has 2 aromatic carbocycles. The van der Waals surface area contributed by atoms with Crippen LogP contribution in [-0.4, -0.2) is 14.8 Å². The Morgan fingerprint density at radius 2 is 1.83 bits per heavy atom. The fourth-order valence-corrected chi connectivity index (χ4v) is 3.66. The molecule has 1 atom stereocenters. The predicted octanol–water partition coefficient (Wildman–Crippen LogP) is 5.21. The SMILES string of the molecule is Cn1cc(-c2cccc(CNC(Cc3cccnc3)c3cccc(Cl)c3)c2)cn1. The zero-order valence-corrected chi connectivity index (χ0v) is 17.1. The van der Waals surface area contributed by atoms with Crippen LogP contribution in [0.1, 0.15) is 22.7 Å². The van der Waals surface area contributed by atoms with Crippen molar-refractivity contribution in [3.8, 4) is 11.1 Å². The van der Waals surface area contributed by atoms with Crippen LogP contribution in [0, 0.1) is 0 Å². The number of hydrogen-bond donors (Lipinski definition) is 1. The van der Waals surface area contributed by atoms with Gasteiger partial charge in [-0.15, -0.1) is 0 Å². The van der Waals surface area contributed by atoms with Crippen LogP contribution in [0.25, 0.3) is 11.1 Å². The van der Waals surface area contributed by atoms with Gasteiger partial charge in [-0.2, -0.15) is 5.10 Å². The van der Waals surface area contributed by atoms with Gasteiger partial charge in [0.05, 0.1) is 6.20 Å². The minimum atomic E-state index is 0.139. The highest BCUT2D eigenvalue weighted by molar-refractivity contribution is 6.30. The number of nitrogens with zero attached hydrogens (tertiary/aromatic N) is 3. The number of benzene rings is 2. The molecule has 2 heterocycles. The summed E-state index contributed by atoms with van der Waals surface area (Å²) in [5, 5.41) is 8.73. The van der Waals surface area contributed by atoms with Crippen LogP contribution < -0.4 is 5.32 Å². The monoisotopic (exact) mass is 402 g/mol. The molecule has 0 aliphatic heterocycles. The van der Waals surface area contributed by atoms with Crippen LogP contribution in [0.3, 0.4) is 0 Å². The van der Waals surface area contributed by atoms with E-state index in [2.05, 4.69) is 51.8 Å². The number of rotatable bonds is 7. The van der Waals surface area contributed by atoms with Gasteiger partial charge in [0, 0.05) is 48.8 Å². The molecule has 0 aliphatic rings. The van der Waals surface area contributed by atoms with Crippen LogP contribution in [0.15, 0.2) is 85.5 Å². The number of hydrogen-bond acceptors (Lipinski definition) is 3. The van der Waals surface area contributed by atoms with E-state index in [1.807, 2.05) is 54.6 Å². The van der Waals surface area contributed by atoms with E-state index in [9.17, 15) is 0 Å². The molecule has 2 aromatic heterocycles. The molecule has 0 bridgehead atoms. The van der Waals surface area contributed by atoms with Gasteiger partial charge in [-0.1, -0.05) is 48.0 Å². The van der Waals surface area contributed by atoms with Gasteiger partial charge in [-0.3, -0.25) is 9.67 Å². The average molecular weight is 403 g/mol. The lowest BCUT2D eigenvalue weighted by atomic mass is 9.99. The van der Waals surface area contributed by atoms with Crippen molar-refractivity contribution in [1.82, 2.24) is 20.1 Å². The smallest absolute Gasteiger partial charge is 0.0568 e. The first-order valence-electron chi connectivity index (χ1n) is 9.63. The number of halogens is 1. The van der Waals surface area contributed by atoms with Gasteiger partial charge in [0.25, 0.3) is 0 Å². The van der Waals surface area contributed by atoms with Gasteiger partial charge < -0.3 is 5.32 Å². The van der Waals surface area contributed by atoms with Gasteiger partial charge in [-0.05, 0) is 52.9 Å². The molecular formula is C24H23ClN4. The Morgan fingerprint density at radius 3 is 2.59 bits per heavy atom. The van der Waals surface area contributed by atoms with Crippen molar-refractivity contribution in [2.24, 2.45) is 7.05 Å². The lowest BCUT2D eigenvalue weighted by molar-refractivity contribution is 0.530. The van der Waals surface area contributed by atoms with Crippen LogP contribution in [-0.2, 0) is 20.0 Å². The van der Waals surface area contributed by atoms with Gasteiger partial charge in [-0.25, -0.2) is 0 Å². The second-order valence-corrected chi connectivity index (χ2v) is 7.59. The fourth-order valence-electron chi connectivity index (χ4n) is 3.46. The summed E-state index contributed by atoms with van der Waals surface area (Å²) in [5.41, 5.74) is 5.88. The van der Waals surface area contributed by atoms with E-state index in [0.717, 1.165) is 23.6 Å². The zero-order chi connectivity index (χ0) is 20.1. The van der Waals surface area contributed by atoms with E-state index in [1.54, 1.807) is 6.20 Å². The van der Waals surface area contributed by atoms with Crippen molar-refractivity contribution in [3.05, 3.63) is 107 Å². The van der Waals surface area contributed by atoms with E-state index >= 15 is 0 Å². The lowest BCUT2D eigenvalue weighted by Gasteiger charge is -2.20. The van der Waals surface area contributed by atoms with Crippen LogP contribution in [0.4, 0.5) is 0 Å². The molecular weight excluding hydrogens is 380 g/mol. The molecule has 5 heteroatoms. The first kappa shape index (κ1) is 19.4. The van der Waals surface area contributed by atoms with Crippen LogP contribution in [0.5, 0.6) is 0 Å². The molecule has 4 aromatic rings. The molecule has 0 aliphatic carbocycles. The molecule has 1 unspecified atom stereocenters. The standard InChI is InChI=1S/C24H23ClN4/c1-29-17-22(16-28-29)20-7-2-5-18(11-20)15-27-24(12-19-6-4-10-26-14-19)21-8-3-9-23(25)13-21/h2-11,13-14,16-17,24,27H,12,15H2,1H3. The van der Waals surface area contributed by atoms with Gasteiger partial charge >= 0.3 is 0 Å². The average Bonchev–Trinajstić information content (AvgIpc) is 3.18. The second kappa shape index (κ2) is 9.03. The first-order chi connectivity index (χ1) is 14.2. The van der Waals surface area contributed by atoms with Crippen molar-refractivity contribution in [3.63, 3.8) is 0 Å². The third-order valence-corrected chi connectivity index (χ3v) is 5.17. The summed E-state index contributed by atoms with van der Waals surface area (Å²) in [7, 11) is 1.93. The summed E-state index contributed by atoms with van der Waals surface area (Å²) in [6.45, 7) is 0.756. The maximum absolute atomic E-state index is 6.25. The zero-order valence-electron chi connectivity index (χ0n) is 16.3. The molecule has 0 saturated carbocycles. The normalized spacial score (nSPS) is 12.1. The molecule has 0 saturated heterocycles. The van der Waals surface area contributed by atoms with Gasteiger partial charge in [0.1, 0.15) is 0 Å². The van der Waals surface area contributed by atoms with Gasteiger partial charge in [0.2, 0.25) is 0 Å². The number of aromatic nitrogens is 3. The third-order valence-electron chi connectivity index (χ3n) is 4.93. The Bertz CT molecular complexity index is 1070. The van der Waals surface area contributed by atoms with E-state index in [0.29, 0.717) is 0 Å². The molecule has 29 heavy (non-hydrogen) atoms. The summed E-state index contributed by atoms with van der Waals surface area (Å²) in [5.74, 6) is 0. The fraction of sp³-hybridized carbons (Fsp3) is 0.167. The van der Waals surface area contributed by atoms with E-state index in [4.69, 9.17) is 11.6 Å². The summed E-state index contributed by atoms with van der Waals surface area (Å²) < 4.78 is 1.82. The molecule has 0 fully saturated rings. The molecule has 1 N–H and O–H groups in total. The molecule has 0 amide bonds. The van der Waals surface area contributed by atoms with E-state index < -0.39 is 0 Å². The summed E-state index contributed by atoms with van der Waals surface area (Å²) in [4.78, 5) is 4.25. The predicted molar refractivity (Wildman–Crippen MR) is 118 cm³/mol. The third kappa shape index (κ3) is 5.11. The van der Waals surface area contributed by atoms with Gasteiger partial charge in [0.15, 0.2) is 0 Å². The van der Waals surface area contributed by atoms with Crippen molar-refractivity contribution < 1.29 is 0 Å². The minimum Gasteiger partial charge on any atom is -0.306 e. The topological polar surface area (TPSA) is 42.7 Å². The Balaban J connectivity index is 1.53. The number of nitrogens with one attached hydrogen (secondary N) is 1. The lowest BCUT2D eigenvalue weighted by Crippen LogP contribution is -2.23. The second-order valence-electron chi connectivity index (χ2n) is 7.16. The Morgan fingerprint density at radius 1 is 0.966 bits per heavy atom. The number of aryl methyl sites for hydroxylation is 1. The van der Waals surface area contributed by atoms with Crippen molar-refractivity contribution in [2.75, 3.05) is 0 Å². The van der Waals surface area contributed by atoms with Crippen LogP contribution >= 0.6 is 11.6 Å². The highest BCUT2D eigenvalue weighted by atomic mass is 35.5. The summed E-state index contributed by atoms with van der Waals surface area (Å²) >= 11 is 6.25. The summed E-state index contributed by atoms with van der Waals surface area (Å²) in [6.07, 6.45) is 8.49. The van der Waals surface area contributed by atoms with E-state index in [-0.39, 0.29) is 6.04 Å². The maximum Gasteiger partial charge on any atom is 0.0568 e. The molecule has 4 rings (SSSR count). The van der Waals surface area contributed by atoms with Crippen molar-refractivity contribution in [1.29, 1.82) is 0 Å². The molecule has 0 radical (unpaired) electrons. The van der Waals surface area contributed by atoms with Crippen molar-refractivity contribution >= 4 is 11.6 Å². The first-order valence-corrected chi connectivity index (χ1v) is 10.0. The van der Waals surface area contributed by atoms with E-state index in [1.165, 1.54) is 22.3 Å². The Hall–Kier alpha value is -2.95. The highest BCUT2D eigenvalue weighted by Crippen LogP contribution is 2.23. The largest absolute Gasteiger partial charge is 0.306 e. The summed E-state index contributed by atoms with van der Waals surface area (Å²) in [6, 6.07) is 20.8. The Labute approximate surface area is 176 Å². The molecule has 4 nitrogen and oxygen atoms in total. The number of pyridine rings is 1. The minimum absolute atomic E-state index is 0.139. The van der Waals surface area contributed by atoms with Crippen LogP contribution in [0.2, 0.25) is 5.02 Å². The maximum atomic E-state index is 6.25. The quantitative estimate of drug-likeness (QED) is 0.461. The molecule has 0 spiro atoms. The Kier molecular flexibility index (Phi) is 6.03. The molecule has 146 valence electrons.